The summed E-state index contributed by atoms with van der Waals surface area (Å²) in [6.45, 7) is 0. The minimum absolute atomic E-state index is 0.0905. The molecule has 0 aliphatic carbocycles. The molecule has 0 unspecified atom stereocenters. The molecule has 172 valence electrons. The number of ether oxygens (including phenoxy) is 1. The van der Waals surface area contributed by atoms with Gasteiger partial charge in [0.25, 0.3) is 11.8 Å². The van der Waals surface area contributed by atoms with Crippen molar-refractivity contribution >= 4 is 52.6 Å². The number of fused-ring (bicyclic) bond motifs is 1. The number of benzene rings is 3. The van der Waals surface area contributed by atoms with E-state index < -0.39 is 29.7 Å². The summed E-state index contributed by atoms with van der Waals surface area (Å²) in [5.74, 6) is -2.34. The highest BCUT2D eigenvalue weighted by Crippen LogP contribution is 2.33. The van der Waals surface area contributed by atoms with Gasteiger partial charge in [0.15, 0.2) is 0 Å². The molecule has 0 saturated heterocycles. The Morgan fingerprint density at radius 3 is 2.00 bits per heavy atom. The standard InChI is InChI=1S/C25H18Cl2N2O5/c1-34-25(33)15-7-9-16(10-8-15)28-22(30)21(11-14-5-3-2-4-6-14)29-23(31)17-12-19(26)20(27)13-18(17)24(29)32/h2-10,12-13,21H,11H2,1H3,(H,28,30)/t21-/m1/s1. The lowest BCUT2D eigenvalue weighted by atomic mass is 10.0. The van der Waals surface area contributed by atoms with Crippen molar-refractivity contribution in [3.8, 4) is 0 Å². The molecule has 4 rings (SSSR count). The highest BCUT2D eigenvalue weighted by Gasteiger charge is 2.43. The molecule has 1 aliphatic heterocycles. The summed E-state index contributed by atoms with van der Waals surface area (Å²) in [5, 5.41) is 3.00. The van der Waals surface area contributed by atoms with Gasteiger partial charge in [-0.3, -0.25) is 19.3 Å². The zero-order chi connectivity index (χ0) is 24.4. The van der Waals surface area contributed by atoms with Crippen LogP contribution in [0.1, 0.15) is 36.6 Å². The van der Waals surface area contributed by atoms with E-state index in [2.05, 4.69) is 10.1 Å². The van der Waals surface area contributed by atoms with Crippen molar-refractivity contribution in [3.05, 3.63) is 99.0 Å². The minimum Gasteiger partial charge on any atom is -0.465 e. The number of carbonyl (C=O) groups excluding carboxylic acids is 4. The van der Waals surface area contributed by atoms with Gasteiger partial charge < -0.3 is 10.1 Å². The maximum absolute atomic E-state index is 13.4. The average Bonchev–Trinajstić information content (AvgIpc) is 3.07. The van der Waals surface area contributed by atoms with Crippen LogP contribution >= 0.6 is 23.2 Å². The highest BCUT2D eigenvalue weighted by molar-refractivity contribution is 6.43. The average molecular weight is 497 g/mol. The zero-order valence-corrected chi connectivity index (χ0v) is 19.4. The monoisotopic (exact) mass is 496 g/mol. The van der Waals surface area contributed by atoms with E-state index in [0.29, 0.717) is 11.3 Å². The number of anilines is 1. The van der Waals surface area contributed by atoms with Crippen LogP contribution in [0.15, 0.2) is 66.7 Å². The van der Waals surface area contributed by atoms with E-state index in [-0.39, 0.29) is 27.6 Å². The Morgan fingerprint density at radius 1 is 0.912 bits per heavy atom. The second kappa shape index (κ2) is 9.67. The van der Waals surface area contributed by atoms with E-state index >= 15 is 0 Å². The van der Waals surface area contributed by atoms with Gasteiger partial charge in [-0.25, -0.2) is 4.79 Å². The van der Waals surface area contributed by atoms with Gasteiger partial charge in [-0.15, -0.1) is 0 Å². The molecule has 9 heteroatoms. The van der Waals surface area contributed by atoms with Gasteiger partial charge in [-0.05, 0) is 42.0 Å². The van der Waals surface area contributed by atoms with Gasteiger partial charge in [-0.2, -0.15) is 0 Å². The Bertz CT molecular complexity index is 1250. The Morgan fingerprint density at radius 2 is 1.47 bits per heavy atom. The van der Waals surface area contributed by atoms with Crippen LogP contribution in [0.2, 0.25) is 10.0 Å². The van der Waals surface area contributed by atoms with Crippen LogP contribution in [0.4, 0.5) is 5.69 Å². The lowest BCUT2D eigenvalue weighted by Gasteiger charge is -2.25. The molecule has 1 atom stereocenters. The number of amides is 3. The van der Waals surface area contributed by atoms with E-state index in [1.165, 1.54) is 43.5 Å². The lowest BCUT2D eigenvalue weighted by Crippen LogP contribution is -2.48. The van der Waals surface area contributed by atoms with E-state index in [4.69, 9.17) is 23.2 Å². The largest absolute Gasteiger partial charge is 0.465 e. The number of imide groups is 1. The molecule has 1 heterocycles. The predicted molar refractivity (Wildman–Crippen MR) is 127 cm³/mol. The molecule has 1 aliphatic rings. The van der Waals surface area contributed by atoms with Crippen LogP contribution in [0.25, 0.3) is 0 Å². The fourth-order valence-corrected chi connectivity index (χ4v) is 4.03. The van der Waals surface area contributed by atoms with E-state index in [1.54, 1.807) is 24.3 Å². The van der Waals surface area contributed by atoms with Crippen molar-refractivity contribution in [1.29, 1.82) is 0 Å². The molecule has 3 aromatic carbocycles. The maximum Gasteiger partial charge on any atom is 0.337 e. The molecule has 7 nitrogen and oxygen atoms in total. The third kappa shape index (κ3) is 4.53. The van der Waals surface area contributed by atoms with Crippen LogP contribution in [-0.4, -0.2) is 41.7 Å². The van der Waals surface area contributed by atoms with Crippen LogP contribution in [0, 0.1) is 0 Å². The van der Waals surface area contributed by atoms with E-state index in [0.717, 1.165) is 10.5 Å². The summed E-state index contributed by atoms with van der Waals surface area (Å²) in [7, 11) is 1.27. The molecule has 34 heavy (non-hydrogen) atoms. The molecule has 3 amide bonds. The number of rotatable bonds is 6. The first-order chi connectivity index (χ1) is 16.3. The zero-order valence-electron chi connectivity index (χ0n) is 17.9. The molecule has 1 N–H and O–H groups in total. The minimum atomic E-state index is -1.15. The molecule has 3 aromatic rings. The summed E-state index contributed by atoms with van der Waals surface area (Å²) in [4.78, 5) is 52.3. The van der Waals surface area contributed by atoms with Crippen LogP contribution in [-0.2, 0) is 16.0 Å². The molecular formula is C25H18Cl2N2O5. The second-order valence-electron chi connectivity index (χ2n) is 7.56. The maximum atomic E-state index is 13.4. The number of hydrogen-bond acceptors (Lipinski definition) is 5. The second-order valence-corrected chi connectivity index (χ2v) is 8.37. The van der Waals surface area contributed by atoms with Crippen LogP contribution < -0.4 is 5.32 Å². The van der Waals surface area contributed by atoms with Crippen LogP contribution in [0.3, 0.4) is 0 Å². The van der Waals surface area contributed by atoms with Gasteiger partial charge in [-0.1, -0.05) is 53.5 Å². The Kier molecular flexibility index (Phi) is 6.68. The van der Waals surface area contributed by atoms with Crippen molar-refractivity contribution < 1.29 is 23.9 Å². The fraction of sp³-hybridized carbons (Fsp3) is 0.120. The first-order valence-corrected chi connectivity index (χ1v) is 11.0. The number of esters is 1. The number of nitrogens with zero attached hydrogens (tertiary/aromatic N) is 1. The Hall–Kier alpha value is -3.68. The summed E-state index contributed by atoms with van der Waals surface area (Å²) in [6, 6.07) is 16.6. The summed E-state index contributed by atoms with van der Waals surface area (Å²) in [6.07, 6.45) is 0.0971. The topological polar surface area (TPSA) is 92.8 Å². The third-order valence-corrected chi connectivity index (χ3v) is 6.14. The van der Waals surface area contributed by atoms with Gasteiger partial charge in [0, 0.05) is 12.1 Å². The first-order valence-electron chi connectivity index (χ1n) is 10.2. The van der Waals surface area contributed by atoms with Gasteiger partial charge in [0.2, 0.25) is 5.91 Å². The molecule has 0 radical (unpaired) electrons. The van der Waals surface area contributed by atoms with Crippen molar-refractivity contribution in [3.63, 3.8) is 0 Å². The van der Waals surface area contributed by atoms with E-state index in [1.807, 2.05) is 6.07 Å². The normalized spacial score (nSPS) is 13.4. The number of nitrogens with one attached hydrogen (secondary N) is 1. The molecule has 0 fully saturated rings. The smallest absolute Gasteiger partial charge is 0.337 e. The fourth-order valence-electron chi connectivity index (χ4n) is 3.71. The molecule has 0 spiro atoms. The number of halogens is 2. The summed E-state index contributed by atoms with van der Waals surface area (Å²) < 4.78 is 4.67. The summed E-state index contributed by atoms with van der Waals surface area (Å²) >= 11 is 12.1. The van der Waals surface area contributed by atoms with Crippen molar-refractivity contribution in [1.82, 2.24) is 4.90 Å². The van der Waals surface area contributed by atoms with Crippen molar-refractivity contribution in [2.75, 3.05) is 12.4 Å². The highest BCUT2D eigenvalue weighted by atomic mass is 35.5. The van der Waals surface area contributed by atoms with Gasteiger partial charge in [0.1, 0.15) is 6.04 Å². The summed E-state index contributed by atoms with van der Waals surface area (Å²) in [5.41, 5.74) is 1.64. The quantitative estimate of drug-likeness (QED) is 0.396. The molecule has 0 aromatic heterocycles. The van der Waals surface area contributed by atoms with Gasteiger partial charge in [0.05, 0.1) is 33.8 Å². The molecule has 0 saturated carbocycles. The van der Waals surface area contributed by atoms with E-state index in [9.17, 15) is 19.2 Å². The lowest BCUT2D eigenvalue weighted by molar-refractivity contribution is -0.119. The van der Waals surface area contributed by atoms with Gasteiger partial charge >= 0.3 is 5.97 Å². The number of hydrogen-bond donors (Lipinski definition) is 1. The Labute approximate surface area is 205 Å². The SMILES string of the molecule is COC(=O)c1ccc(NC(=O)[C@@H](Cc2ccccc2)N2C(=O)c3cc(Cl)c(Cl)cc3C2=O)cc1. The van der Waals surface area contributed by atoms with Crippen molar-refractivity contribution in [2.45, 2.75) is 12.5 Å². The molecule has 0 bridgehead atoms. The first kappa shape index (κ1) is 23.5. The predicted octanol–water partition coefficient (Wildman–Crippen LogP) is 4.63. The third-order valence-electron chi connectivity index (χ3n) is 5.42. The molecular weight excluding hydrogens is 479 g/mol. The number of carbonyl (C=O) groups is 4. The Balaban J connectivity index is 1.66. The number of methoxy groups -OCH3 is 1. The van der Waals surface area contributed by atoms with Crippen molar-refractivity contribution in [2.24, 2.45) is 0 Å². The van der Waals surface area contributed by atoms with Crippen LogP contribution in [0.5, 0.6) is 0 Å².